The van der Waals surface area contributed by atoms with Gasteiger partial charge in [0, 0.05) is 11.5 Å². The maximum absolute atomic E-state index is 12.1. The molecule has 2 N–H and O–H groups in total. The summed E-state index contributed by atoms with van der Waals surface area (Å²) in [6, 6.07) is 3.29. The summed E-state index contributed by atoms with van der Waals surface area (Å²) in [6.45, 7) is 1.77. The van der Waals surface area contributed by atoms with Gasteiger partial charge in [-0.1, -0.05) is 0 Å². The second kappa shape index (κ2) is 5.71. The molecule has 2 aromatic rings. The molecule has 7 nitrogen and oxygen atoms in total. The average Bonchev–Trinajstić information content (AvgIpc) is 2.43. The number of nitrogens with one attached hydrogen (secondary N) is 2. The van der Waals surface area contributed by atoms with E-state index in [4.69, 9.17) is 0 Å². The van der Waals surface area contributed by atoms with E-state index in [1.807, 2.05) is 0 Å². The molecule has 2 heterocycles. The number of hydrogen-bond acceptors (Lipinski definition) is 6. The summed E-state index contributed by atoms with van der Waals surface area (Å²) in [7, 11) is -2.10. The van der Waals surface area contributed by atoms with Crippen LogP contribution in [0.4, 0.5) is 11.8 Å². The van der Waals surface area contributed by atoms with Crippen LogP contribution in [0.15, 0.2) is 33.9 Å². The number of anilines is 2. The number of halogens is 1. The van der Waals surface area contributed by atoms with Crippen LogP contribution in [-0.4, -0.2) is 30.4 Å². The van der Waals surface area contributed by atoms with E-state index in [0.29, 0.717) is 11.6 Å². The molecule has 20 heavy (non-hydrogen) atoms. The predicted octanol–water partition coefficient (Wildman–Crippen LogP) is 1.79. The van der Waals surface area contributed by atoms with E-state index in [-0.39, 0.29) is 10.7 Å². The highest BCUT2D eigenvalue weighted by molar-refractivity contribution is 9.10. The first-order chi connectivity index (χ1) is 9.42. The lowest BCUT2D eigenvalue weighted by molar-refractivity contribution is 0.600. The van der Waals surface area contributed by atoms with Gasteiger partial charge in [0.25, 0.3) is 10.0 Å². The van der Waals surface area contributed by atoms with Gasteiger partial charge in [-0.3, -0.25) is 4.72 Å². The van der Waals surface area contributed by atoms with Crippen LogP contribution in [0.25, 0.3) is 0 Å². The zero-order valence-corrected chi connectivity index (χ0v) is 13.2. The predicted molar refractivity (Wildman–Crippen MR) is 79.1 cm³/mol. The topological polar surface area (TPSA) is 96.9 Å². The molecule has 0 saturated heterocycles. The van der Waals surface area contributed by atoms with Gasteiger partial charge in [0.2, 0.25) is 5.95 Å². The molecule has 0 aromatic carbocycles. The molecule has 0 aliphatic heterocycles. The smallest absolute Gasteiger partial charge is 0.266 e. The van der Waals surface area contributed by atoms with Gasteiger partial charge < -0.3 is 5.32 Å². The van der Waals surface area contributed by atoms with Crippen molar-refractivity contribution in [1.29, 1.82) is 0 Å². The summed E-state index contributed by atoms with van der Waals surface area (Å²) in [5, 5.41) is 2.71. The van der Waals surface area contributed by atoms with Crippen molar-refractivity contribution in [3.05, 3.63) is 34.7 Å². The summed E-state index contributed by atoms with van der Waals surface area (Å²) in [5.74, 6) is 0.588. The summed E-state index contributed by atoms with van der Waals surface area (Å²) in [4.78, 5) is 11.8. The first kappa shape index (κ1) is 14.7. The van der Waals surface area contributed by atoms with Crippen molar-refractivity contribution in [3.8, 4) is 0 Å². The molecule has 0 unspecified atom stereocenters. The molecule has 2 aromatic heterocycles. The Morgan fingerprint density at radius 3 is 2.40 bits per heavy atom. The van der Waals surface area contributed by atoms with E-state index < -0.39 is 10.0 Å². The number of hydrogen-bond donors (Lipinski definition) is 2. The van der Waals surface area contributed by atoms with Crippen molar-refractivity contribution in [1.82, 2.24) is 15.0 Å². The second-order valence-electron chi connectivity index (χ2n) is 3.86. The fourth-order valence-corrected chi connectivity index (χ4v) is 2.49. The highest BCUT2D eigenvalue weighted by Crippen LogP contribution is 2.18. The molecule has 0 saturated carbocycles. The van der Waals surface area contributed by atoms with E-state index in [9.17, 15) is 8.42 Å². The lowest BCUT2D eigenvalue weighted by Crippen LogP contribution is -2.15. The summed E-state index contributed by atoms with van der Waals surface area (Å²) in [6.07, 6.45) is 2.46. The van der Waals surface area contributed by atoms with Crippen LogP contribution < -0.4 is 10.0 Å². The van der Waals surface area contributed by atoms with Gasteiger partial charge in [-0.2, -0.15) is 0 Å². The van der Waals surface area contributed by atoms with Crippen molar-refractivity contribution < 1.29 is 8.42 Å². The Bertz CT molecular complexity index is 718. The number of aryl methyl sites for hydroxylation is 1. The minimum atomic E-state index is -3.75. The monoisotopic (exact) mass is 357 g/mol. The van der Waals surface area contributed by atoms with Crippen molar-refractivity contribution >= 4 is 37.7 Å². The molecular weight excluding hydrogens is 346 g/mol. The van der Waals surface area contributed by atoms with Crippen LogP contribution in [0.3, 0.4) is 0 Å². The van der Waals surface area contributed by atoms with E-state index in [0.717, 1.165) is 4.47 Å². The first-order valence-corrected chi connectivity index (χ1v) is 7.86. The van der Waals surface area contributed by atoms with Gasteiger partial charge in [0.1, 0.15) is 10.7 Å². The van der Waals surface area contributed by atoms with Crippen LogP contribution in [-0.2, 0) is 10.0 Å². The maximum Gasteiger partial charge on any atom is 0.266 e. The van der Waals surface area contributed by atoms with Crippen LogP contribution >= 0.6 is 15.9 Å². The number of rotatable bonds is 4. The maximum atomic E-state index is 12.1. The van der Waals surface area contributed by atoms with Gasteiger partial charge in [-0.05, 0) is 35.0 Å². The minimum Gasteiger partial charge on any atom is -0.357 e. The minimum absolute atomic E-state index is 0.0288. The quantitative estimate of drug-likeness (QED) is 0.865. The van der Waals surface area contributed by atoms with Gasteiger partial charge in [0.15, 0.2) is 0 Å². The van der Waals surface area contributed by atoms with Crippen molar-refractivity contribution in [2.24, 2.45) is 0 Å². The van der Waals surface area contributed by atoms with Crippen molar-refractivity contribution in [3.63, 3.8) is 0 Å². The van der Waals surface area contributed by atoms with Gasteiger partial charge in [-0.15, -0.1) is 0 Å². The van der Waals surface area contributed by atoms with Crippen LogP contribution in [0.1, 0.15) is 5.69 Å². The summed E-state index contributed by atoms with van der Waals surface area (Å²) >= 11 is 3.30. The Balaban J connectivity index is 2.27. The van der Waals surface area contributed by atoms with E-state index >= 15 is 0 Å². The Hall–Kier alpha value is -1.74. The first-order valence-electron chi connectivity index (χ1n) is 5.58. The average molecular weight is 358 g/mol. The van der Waals surface area contributed by atoms with Crippen molar-refractivity contribution in [2.75, 3.05) is 17.1 Å². The van der Waals surface area contributed by atoms with Crippen LogP contribution in [0.5, 0.6) is 0 Å². The Morgan fingerprint density at radius 2 is 1.85 bits per heavy atom. The largest absolute Gasteiger partial charge is 0.357 e. The third-order valence-corrected chi connectivity index (χ3v) is 4.57. The van der Waals surface area contributed by atoms with E-state index in [1.54, 1.807) is 26.1 Å². The molecule has 9 heteroatoms. The fourth-order valence-electron chi connectivity index (χ4n) is 1.38. The molecule has 0 aliphatic rings. The molecular formula is C11H12BrN5O2S. The van der Waals surface area contributed by atoms with Crippen LogP contribution in [0.2, 0.25) is 0 Å². The van der Waals surface area contributed by atoms with E-state index in [2.05, 4.69) is 40.9 Å². The van der Waals surface area contributed by atoms with Gasteiger partial charge >= 0.3 is 0 Å². The second-order valence-corrected chi connectivity index (χ2v) is 6.40. The zero-order valence-electron chi connectivity index (χ0n) is 10.8. The number of nitrogens with zero attached hydrogens (tertiary/aromatic N) is 3. The molecule has 0 amide bonds. The Kier molecular flexibility index (Phi) is 4.19. The molecule has 0 aliphatic carbocycles. The molecule has 0 fully saturated rings. The summed E-state index contributed by atoms with van der Waals surface area (Å²) < 4.78 is 27.5. The molecule has 2 rings (SSSR count). The number of aromatic nitrogens is 3. The third kappa shape index (κ3) is 3.23. The normalized spacial score (nSPS) is 11.2. The zero-order chi connectivity index (χ0) is 14.8. The van der Waals surface area contributed by atoms with Gasteiger partial charge in [-0.25, -0.2) is 23.4 Å². The standard InChI is InChI=1S/C11H12BrN5O2S/c1-7-9(12)3-4-10(16-7)17-20(18,19)8-5-14-11(13-2)15-6-8/h3-6H,1-2H3,(H,16,17)(H,13,14,15). The SMILES string of the molecule is CNc1ncc(S(=O)(=O)Nc2ccc(Br)c(C)n2)cn1. The molecule has 0 bridgehead atoms. The van der Waals surface area contributed by atoms with Crippen LogP contribution in [0, 0.1) is 6.92 Å². The lowest BCUT2D eigenvalue weighted by atomic mass is 10.4. The highest BCUT2D eigenvalue weighted by atomic mass is 79.9. The molecule has 0 spiro atoms. The molecule has 0 radical (unpaired) electrons. The van der Waals surface area contributed by atoms with Crippen molar-refractivity contribution in [2.45, 2.75) is 11.8 Å². The number of pyridine rings is 1. The Labute approximate surface area is 125 Å². The lowest BCUT2D eigenvalue weighted by Gasteiger charge is -2.08. The Morgan fingerprint density at radius 1 is 1.20 bits per heavy atom. The highest BCUT2D eigenvalue weighted by Gasteiger charge is 2.16. The molecule has 106 valence electrons. The number of sulfonamides is 1. The third-order valence-electron chi connectivity index (χ3n) is 2.42. The van der Waals surface area contributed by atoms with Gasteiger partial charge in [0.05, 0.1) is 18.1 Å². The molecule has 0 atom stereocenters. The van der Waals surface area contributed by atoms with E-state index in [1.165, 1.54) is 12.4 Å². The summed E-state index contributed by atoms with van der Waals surface area (Å²) in [5.41, 5.74) is 0.687. The fraction of sp³-hybridized carbons (Fsp3) is 0.182.